The number of hydrogen-bond acceptors (Lipinski definition) is 6. The molecule has 0 aliphatic carbocycles. The number of hydrazine groups is 1. The van der Waals surface area contributed by atoms with Gasteiger partial charge in [0.15, 0.2) is 0 Å². The summed E-state index contributed by atoms with van der Waals surface area (Å²) in [5.41, 5.74) is 6.62. The molecule has 150 valence electrons. The molecule has 0 bridgehead atoms. The van der Waals surface area contributed by atoms with Crippen molar-refractivity contribution in [3.8, 4) is 21.1 Å². The number of thiazole rings is 2. The zero-order chi connectivity index (χ0) is 21.1. The van der Waals surface area contributed by atoms with E-state index in [4.69, 9.17) is 0 Å². The molecular weight excluding hydrogens is 423 g/mol. The Morgan fingerprint density at radius 3 is 2.37 bits per heavy atom. The van der Waals surface area contributed by atoms with E-state index in [1.807, 2.05) is 30.3 Å². The Labute approximate surface area is 179 Å². The monoisotopic (exact) mass is 438 g/mol. The lowest BCUT2D eigenvalue weighted by Crippen LogP contribution is -2.41. The van der Waals surface area contributed by atoms with Crippen molar-refractivity contribution < 1.29 is 14.0 Å². The number of aryl methyl sites for hydroxylation is 1. The molecule has 2 heterocycles. The molecule has 2 aromatic carbocycles. The highest BCUT2D eigenvalue weighted by atomic mass is 32.1. The van der Waals surface area contributed by atoms with E-state index in [0.717, 1.165) is 21.9 Å². The highest BCUT2D eigenvalue weighted by molar-refractivity contribution is 7.17. The molecule has 0 atom stereocenters. The van der Waals surface area contributed by atoms with Gasteiger partial charge in [0.2, 0.25) is 0 Å². The van der Waals surface area contributed by atoms with Crippen LogP contribution in [0.3, 0.4) is 0 Å². The molecule has 30 heavy (non-hydrogen) atoms. The molecule has 2 amide bonds. The minimum absolute atomic E-state index is 0.0876. The maximum absolute atomic E-state index is 13.9. The summed E-state index contributed by atoms with van der Waals surface area (Å²) in [6.07, 6.45) is 0. The average Bonchev–Trinajstić information content (AvgIpc) is 3.40. The summed E-state index contributed by atoms with van der Waals surface area (Å²) < 4.78 is 13.9. The minimum atomic E-state index is -0.590. The number of aromatic nitrogens is 2. The second-order valence-electron chi connectivity index (χ2n) is 6.23. The smallest absolute Gasteiger partial charge is 0.266 e. The maximum atomic E-state index is 13.9. The molecule has 9 heteroatoms. The SMILES string of the molecule is Cc1nc(-c2ccccc2)sc1C(=O)NNC(=O)c1csc(-c2ccccc2F)n1. The third-order valence-electron chi connectivity index (χ3n) is 4.15. The van der Waals surface area contributed by atoms with Crippen molar-refractivity contribution >= 4 is 34.5 Å². The molecule has 0 unspecified atom stereocenters. The Morgan fingerprint density at radius 2 is 1.60 bits per heavy atom. The fraction of sp³-hybridized carbons (Fsp3) is 0.0476. The van der Waals surface area contributed by atoms with Crippen molar-refractivity contribution in [3.63, 3.8) is 0 Å². The largest absolute Gasteiger partial charge is 0.289 e. The molecular formula is C21H15FN4O2S2. The highest BCUT2D eigenvalue weighted by Crippen LogP contribution is 2.28. The van der Waals surface area contributed by atoms with Crippen molar-refractivity contribution in [3.05, 3.63) is 82.1 Å². The first-order chi connectivity index (χ1) is 14.5. The van der Waals surface area contributed by atoms with Gasteiger partial charge in [-0.15, -0.1) is 22.7 Å². The number of amides is 2. The van der Waals surface area contributed by atoms with Crippen LogP contribution in [0.25, 0.3) is 21.1 Å². The van der Waals surface area contributed by atoms with E-state index in [1.165, 1.54) is 22.8 Å². The molecule has 2 aromatic heterocycles. The quantitative estimate of drug-likeness (QED) is 0.461. The summed E-state index contributed by atoms with van der Waals surface area (Å²) in [6.45, 7) is 1.74. The first-order valence-corrected chi connectivity index (χ1v) is 10.6. The summed E-state index contributed by atoms with van der Waals surface area (Å²) >= 11 is 2.39. The van der Waals surface area contributed by atoms with Gasteiger partial charge in [-0.3, -0.25) is 20.4 Å². The third-order valence-corrected chi connectivity index (χ3v) is 6.24. The Bertz CT molecular complexity index is 1220. The van der Waals surface area contributed by atoms with Gasteiger partial charge in [0.05, 0.1) is 5.69 Å². The Hall–Kier alpha value is -3.43. The summed E-state index contributed by atoms with van der Waals surface area (Å²) in [7, 11) is 0. The first-order valence-electron chi connectivity index (χ1n) is 8.87. The molecule has 2 N–H and O–H groups in total. The van der Waals surface area contributed by atoms with Gasteiger partial charge in [0.25, 0.3) is 11.8 Å². The molecule has 0 aliphatic rings. The van der Waals surface area contributed by atoms with Gasteiger partial charge in [-0.2, -0.15) is 0 Å². The number of hydrogen-bond donors (Lipinski definition) is 2. The lowest BCUT2D eigenvalue weighted by Gasteiger charge is -2.04. The van der Waals surface area contributed by atoms with Crippen LogP contribution in [0.1, 0.15) is 25.9 Å². The molecule has 4 rings (SSSR count). The standard InChI is InChI=1S/C21H15FN4O2S2/c1-12-17(30-20(23-12)13-7-3-2-4-8-13)19(28)26-25-18(27)16-11-29-21(24-16)14-9-5-6-10-15(14)22/h2-11H,1H3,(H,25,27)(H,26,28). The van der Waals surface area contributed by atoms with Gasteiger partial charge in [-0.1, -0.05) is 42.5 Å². The van der Waals surface area contributed by atoms with Crippen LogP contribution in [0.15, 0.2) is 60.0 Å². The topological polar surface area (TPSA) is 84.0 Å². The summed E-state index contributed by atoms with van der Waals surface area (Å²) in [5.74, 6) is -1.47. The summed E-state index contributed by atoms with van der Waals surface area (Å²) in [5, 5.41) is 2.61. The highest BCUT2D eigenvalue weighted by Gasteiger charge is 2.18. The fourth-order valence-corrected chi connectivity index (χ4v) is 4.48. The second-order valence-corrected chi connectivity index (χ2v) is 8.08. The van der Waals surface area contributed by atoms with Crippen molar-refractivity contribution in [2.24, 2.45) is 0 Å². The molecule has 6 nitrogen and oxygen atoms in total. The second kappa shape index (κ2) is 8.52. The Morgan fingerprint density at radius 1 is 0.900 bits per heavy atom. The van der Waals surface area contributed by atoms with E-state index < -0.39 is 17.6 Å². The lowest BCUT2D eigenvalue weighted by atomic mass is 10.2. The van der Waals surface area contributed by atoms with E-state index in [-0.39, 0.29) is 5.69 Å². The van der Waals surface area contributed by atoms with E-state index in [2.05, 4.69) is 20.8 Å². The minimum Gasteiger partial charge on any atom is -0.266 e. The summed E-state index contributed by atoms with van der Waals surface area (Å²) in [4.78, 5) is 33.8. The third kappa shape index (κ3) is 4.12. The van der Waals surface area contributed by atoms with Crippen LogP contribution in [0.2, 0.25) is 0 Å². The Kier molecular flexibility index (Phi) is 5.64. The number of benzene rings is 2. The molecule has 0 saturated carbocycles. The van der Waals surface area contributed by atoms with Crippen molar-refractivity contribution in [2.45, 2.75) is 6.92 Å². The van der Waals surface area contributed by atoms with Gasteiger partial charge >= 0.3 is 0 Å². The van der Waals surface area contributed by atoms with E-state index in [9.17, 15) is 14.0 Å². The molecule has 4 aromatic rings. The van der Waals surface area contributed by atoms with Gasteiger partial charge in [-0.25, -0.2) is 14.4 Å². The first kappa shape index (κ1) is 19.9. The van der Waals surface area contributed by atoms with E-state index in [0.29, 0.717) is 21.1 Å². The van der Waals surface area contributed by atoms with Crippen molar-refractivity contribution in [2.75, 3.05) is 0 Å². The maximum Gasteiger partial charge on any atom is 0.289 e. The van der Waals surface area contributed by atoms with Crippen molar-refractivity contribution in [1.29, 1.82) is 0 Å². The molecule has 0 aliphatic heterocycles. The number of halogens is 1. The zero-order valence-electron chi connectivity index (χ0n) is 15.7. The fourth-order valence-electron chi connectivity index (χ4n) is 2.68. The average molecular weight is 439 g/mol. The predicted molar refractivity (Wildman–Crippen MR) is 115 cm³/mol. The molecule has 0 saturated heterocycles. The zero-order valence-corrected chi connectivity index (χ0v) is 17.3. The van der Waals surface area contributed by atoms with Crippen LogP contribution in [0.4, 0.5) is 4.39 Å². The predicted octanol–water partition coefficient (Wildman–Crippen LogP) is 4.46. The van der Waals surface area contributed by atoms with Gasteiger partial charge in [-0.05, 0) is 19.1 Å². The van der Waals surface area contributed by atoms with Crippen LogP contribution in [-0.2, 0) is 0 Å². The molecule has 0 spiro atoms. The number of carbonyl (C=O) groups excluding carboxylic acids is 2. The number of carbonyl (C=O) groups is 2. The van der Waals surface area contributed by atoms with Gasteiger partial charge in [0.1, 0.15) is 26.4 Å². The number of nitrogens with one attached hydrogen (secondary N) is 2. The van der Waals surface area contributed by atoms with Crippen LogP contribution >= 0.6 is 22.7 Å². The van der Waals surface area contributed by atoms with Crippen LogP contribution in [0.5, 0.6) is 0 Å². The van der Waals surface area contributed by atoms with Crippen LogP contribution in [-0.4, -0.2) is 21.8 Å². The van der Waals surface area contributed by atoms with Gasteiger partial charge < -0.3 is 0 Å². The molecule has 0 fully saturated rings. The molecule has 0 radical (unpaired) electrons. The lowest BCUT2D eigenvalue weighted by molar-refractivity contribution is 0.0846. The number of nitrogens with zero attached hydrogens (tertiary/aromatic N) is 2. The van der Waals surface area contributed by atoms with Gasteiger partial charge in [0, 0.05) is 16.5 Å². The van der Waals surface area contributed by atoms with Crippen LogP contribution < -0.4 is 10.9 Å². The van der Waals surface area contributed by atoms with E-state index >= 15 is 0 Å². The number of rotatable bonds is 4. The Balaban J connectivity index is 1.43. The van der Waals surface area contributed by atoms with E-state index in [1.54, 1.807) is 25.1 Å². The van der Waals surface area contributed by atoms with Crippen molar-refractivity contribution in [1.82, 2.24) is 20.8 Å². The summed E-state index contributed by atoms with van der Waals surface area (Å²) in [6, 6.07) is 15.7. The van der Waals surface area contributed by atoms with Crippen LogP contribution in [0, 0.1) is 12.7 Å². The normalized spacial score (nSPS) is 10.6.